The van der Waals surface area contributed by atoms with Crippen molar-refractivity contribution in [1.82, 2.24) is 5.32 Å². The molecule has 0 aliphatic carbocycles. The molecule has 1 aliphatic heterocycles. The van der Waals surface area contributed by atoms with Gasteiger partial charge in [-0.25, -0.2) is 0 Å². The van der Waals surface area contributed by atoms with E-state index in [4.69, 9.17) is 0 Å². The fraction of sp³-hybridized carbons (Fsp3) is 0.500. The molecular formula is C10H16N2. The first-order valence-corrected chi connectivity index (χ1v) is 4.40. The Kier molecular flexibility index (Phi) is 3.74. The van der Waals surface area contributed by atoms with Gasteiger partial charge in [-0.3, -0.25) is 4.99 Å². The number of nitrogens with one attached hydrogen (secondary N) is 1. The Labute approximate surface area is 74.1 Å². The quantitative estimate of drug-likeness (QED) is 0.631. The molecule has 66 valence electrons. The Morgan fingerprint density at radius 2 is 2.33 bits per heavy atom. The number of hydrogen-bond acceptors (Lipinski definition) is 2. The maximum absolute atomic E-state index is 4.19. The van der Waals surface area contributed by atoms with Crippen molar-refractivity contribution in [2.75, 3.05) is 13.1 Å². The molecule has 2 nitrogen and oxygen atoms in total. The third-order valence-corrected chi connectivity index (χ3v) is 2.16. The van der Waals surface area contributed by atoms with Gasteiger partial charge in [0.25, 0.3) is 0 Å². The lowest BCUT2D eigenvalue weighted by atomic mass is 9.94. The lowest BCUT2D eigenvalue weighted by Crippen LogP contribution is -2.33. The largest absolute Gasteiger partial charge is 0.316 e. The van der Waals surface area contributed by atoms with Crippen molar-refractivity contribution >= 4 is 5.71 Å². The number of hydrogen-bond donors (Lipinski definition) is 1. The van der Waals surface area contributed by atoms with Crippen molar-refractivity contribution in [3.8, 4) is 0 Å². The van der Waals surface area contributed by atoms with Gasteiger partial charge >= 0.3 is 0 Å². The van der Waals surface area contributed by atoms with E-state index in [1.165, 1.54) is 12.8 Å². The van der Waals surface area contributed by atoms with E-state index < -0.39 is 0 Å². The first-order chi connectivity index (χ1) is 5.88. The minimum Gasteiger partial charge on any atom is -0.316 e. The van der Waals surface area contributed by atoms with Gasteiger partial charge in [0.05, 0.1) is 0 Å². The van der Waals surface area contributed by atoms with Gasteiger partial charge in [0.2, 0.25) is 0 Å². The maximum Gasteiger partial charge on any atom is 0.0441 e. The minimum absolute atomic E-state index is 0.536. The fourth-order valence-electron chi connectivity index (χ4n) is 1.53. The molecule has 1 N–H and O–H groups in total. The van der Waals surface area contributed by atoms with Gasteiger partial charge < -0.3 is 5.32 Å². The molecule has 1 unspecified atom stereocenters. The second kappa shape index (κ2) is 4.88. The molecule has 1 aliphatic rings. The van der Waals surface area contributed by atoms with Crippen molar-refractivity contribution in [2.24, 2.45) is 10.9 Å². The van der Waals surface area contributed by atoms with E-state index in [-0.39, 0.29) is 0 Å². The average Bonchev–Trinajstić information content (AvgIpc) is 2.15. The number of rotatable bonds is 3. The zero-order valence-corrected chi connectivity index (χ0v) is 7.42. The van der Waals surface area contributed by atoms with Crippen molar-refractivity contribution in [1.29, 1.82) is 0 Å². The zero-order chi connectivity index (χ0) is 8.81. The second-order valence-corrected chi connectivity index (χ2v) is 2.98. The summed E-state index contributed by atoms with van der Waals surface area (Å²) in [5.41, 5.74) is 1.07. The molecule has 1 fully saturated rings. The Bertz CT molecular complexity index is 188. The van der Waals surface area contributed by atoms with Gasteiger partial charge in [-0.05, 0) is 25.5 Å². The average molecular weight is 164 g/mol. The first kappa shape index (κ1) is 9.20. The third kappa shape index (κ3) is 2.31. The van der Waals surface area contributed by atoms with Crippen LogP contribution < -0.4 is 5.32 Å². The molecule has 0 radical (unpaired) electrons. The van der Waals surface area contributed by atoms with Gasteiger partial charge in [0.15, 0.2) is 0 Å². The van der Waals surface area contributed by atoms with Crippen LogP contribution in [0.25, 0.3) is 0 Å². The number of piperidine rings is 1. The fourth-order valence-corrected chi connectivity index (χ4v) is 1.53. The first-order valence-electron chi connectivity index (χ1n) is 4.40. The van der Waals surface area contributed by atoms with Crippen LogP contribution in [-0.4, -0.2) is 18.8 Å². The summed E-state index contributed by atoms with van der Waals surface area (Å²) in [4.78, 5) is 4.19. The molecule has 1 atom stereocenters. The summed E-state index contributed by atoms with van der Waals surface area (Å²) < 4.78 is 0. The molecule has 0 aromatic rings. The highest BCUT2D eigenvalue weighted by molar-refractivity contribution is 5.97. The smallest absolute Gasteiger partial charge is 0.0441 e. The van der Waals surface area contributed by atoms with Crippen LogP contribution in [0.1, 0.15) is 12.8 Å². The van der Waals surface area contributed by atoms with Crippen LogP contribution in [0, 0.1) is 5.92 Å². The van der Waals surface area contributed by atoms with Crippen molar-refractivity contribution in [3.05, 3.63) is 25.4 Å². The summed E-state index contributed by atoms with van der Waals surface area (Å²) >= 11 is 0. The standard InChI is InChI=1S/C10H16N2/c1-3-10(12-4-2)9-6-5-7-11-8-9/h3-4,9,11H,1-2,5-8H2. The maximum atomic E-state index is 4.19. The van der Waals surface area contributed by atoms with Crippen LogP contribution in [0.2, 0.25) is 0 Å². The van der Waals surface area contributed by atoms with Crippen LogP contribution >= 0.6 is 0 Å². The van der Waals surface area contributed by atoms with E-state index in [9.17, 15) is 0 Å². The van der Waals surface area contributed by atoms with Crippen LogP contribution in [0.5, 0.6) is 0 Å². The van der Waals surface area contributed by atoms with Gasteiger partial charge in [-0.2, -0.15) is 0 Å². The second-order valence-electron chi connectivity index (χ2n) is 2.98. The van der Waals surface area contributed by atoms with E-state index in [0.717, 1.165) is 18.8 Å². The molecule has 0 saturated carbocycles. The molecule has 1 rings (SSSR count). The van der Waals surface area contributed by atoms with Crippen LogP contribution in [0.4, 0.5) is 0 Å². The highest BCUT2D eigenvalue weighted by atomic mass is 14.9. The Morgan fingerprint density at radius 3 is 2.83 bits per heavy atom. The molecule has 0 aromatic carbocycles. The summed E-state index contributed by atoms with van der Waals surface area (Å²) in [7, 11) is 0. The Balaban J connectivity index is 2.57. The van der Waals surface area contributed by atoms with Crippen LogP contribution in [-0.2, 0) is 0 Å². The topological polar surface area (TPSA) is 24.4 Å². The lowest BCUT2D eigenvalue weighted by molar-refractivity contribution is 0.459. The van der Waals surface area contributed by atoms with Gasteiger partial charge in [-0.15, -0.1) is 0 Å². The van der Waals surface area contributed by atoms with Crippen molar-refractivity contribution in [3.63, 3.8) is 0 Å². The van der Waals surface area contributed by atoms with E-state index in [0.29, 0.717) is 5.92 Å². The highest BCUT2D eigenvalue weighted by Crippen LogP contribution is 2.12. The summed E-state index contributed by atoms with van der Waals surface area (Å²) in [6.07, 6.45) is 5.87. The SMILES string of the molecule is C=CN=C(C=C)C1CCCNC1. The van der Waals surface area contributed by atoms with Crippen molar-refractivity contribution in [2.45, 2.75) is 12.8 Å². The Morgan fingerprint density at radius 1 is 1.50 bits per heavy atom. The summed E-state index contributed by atoms with van der Waals surface area (Å²) in [5, 5.41) is 3.35. The van der Waals surface area contributed by atoms with E-state index in [1.807, 2.05) is 6.08 Å². The predicted molar refractivity (Wildman–Crippen MR) is 53.4 cm³/mol. The molecule has 1 saturated heterocycles. The molecule has 2 heteroatoms. The molecule has 0 spiro atoms. The van der Waals surface area contributed by atoms with E-state index in [1.54, 1.807) is 6.20 Å². The van der Waals surface area contributed by atoms with Gasteiger partial charge in [-0.1, -0.05) is 13.2 Å². The van der Waals surface area contributed by atoms with Gasteiger partial charge in [0, 0.05) is 24.4 Å². The lowest BCUT2D eigenvalue weighted by Gasteiger charge is -2.22. The number of allylic oxidation sites excluding steroid dienone is 1. The normalized spacial score (nSPS) is 25.0. The number of nitrogens with zero attached hydrogens (tertiary/aromatic N) is 1. The highest BCUT2D eigenvalue weighted by Gasteiger charge is 2.15. The molecule has 0 aromatic heterocycles. The molecule has 0 amide bonds. The molecule has 0 bridgehead atoms. The molecule has 12 heavy (non-hydrogen) atoms. The van der Waals surface area contributed by atoms with Crippen LogP contribution in [0.3, 0.4) is 0 Å². The number of aliphatic imine (C=N–C) groups is 1. The van der Waals surface area contributed by atoms with E-state index >= 15 is 0 Å². The van der Waals surface area contributed by atoms with E-state index in [2.05, 4.69) is 23.5 Å². The van der Waals surface area contributed by atoms with Crippen LogP contribution in [0.15, 0.2) is 30.4 Å². The molecular weight excluding hydrogens is 148 g/mol. The minimum atomic E-state index is 0.536. The van der Waals surface area contributed by atoms with Crippen molar-refractivity contribution < 1.29 is 0 Å². The van der Waals surface area contributed by atoms with Gasteiger partial charge in [0.1, 0.15) is 0 Å². The Hall–Kier alpha value is -0.890. The molecule has 1 heterocycles. The summed E-state index contributed by atoms with van der Waals surface area (Å²) in [5.74, 6) is 0.536. The monoisotopic (exact) mass is 164 g/mol. The predicted octanol–water partition coefficient (Wildman–Crippen LogP) is 1.76. The summed E-state index contributed by atoms with van der Waals surface area (Å²) in [6, 6.07) is 0. The zero-order valence-electron chi connectivity index (χ0n) is 7.42. The summed E-state index contributed by atoms with van der Waals surface area (Å²) in [6.45, 7) is 9.50. The third-order valence-electron chi connectivity index (χ3n) is 2.16.